The smallest absolute Gasteiger partial charge is 0.0492 e. The Kier molecular flexibility index (Phi) is 4.57. The fraction of sp³-hybridized carbons (Fsp3) is 0.769. The van der Waals surface area contributed by atoms with Crippen molar-refractivity contribution in [1.82, 2.24) is 20.0 Å². The number of rotatable bonds is 5. The summed E-state index contributed by atoms with van der Waals surface area (Å²) >= 11 is 0. The van der Waals surface area contributed by atoms with Crippen molar-refractivity contribution in [2.45, 2.75) is 32.2 Å². The van der Waals surface area contributed by atoms with Crippen LogP contribution in [0.5, 0.6) is 0 Å². The van der Waals surface area contributed by atoms with Gasteiger partial charge in [0.25, 0.3) is 0 Å². The highest BCUT2D eigenvalue weighted by Crippen LogP contribution is 2.11. The molecular formula is C13H24N4. The van der Waals surface area contributed by atoms with Crippen LogP contribution in [0.15, 0.2) is 12.3 Å². The molecule has 0 saturated carbocycles. The number of aryl methyl sites for hydroxylation is 1. The molecule has 0 aliphatic carbocycles. The monoisotopic (exact) mass is 236 g/mol. The number of hydrogen-bond acceptors (Lipinski definition) is 3. The van der Waals surface area contributed by atoms with E-state index in [1.54, 1.807) is 0 Å². The van der Waals surface area contributed by atoms with Gasteiger partial charge in [0.15, 0.2) is 0 Å². The first-order valence-electron chi connectivity index (χ1n) is 6.72. The van der Waals surface area contributed by atoms with Crippen molar-refractivity contribution >= 4 is 0 Å². The lowest BCUT2D eigenvalue weighted by Gasteiger charge is -2.32. The van der Waals surface area contributed by atoms with E-state index < -0.39 is 0 Å². The second kappa shape index (κ2) is 6.17. The molecule has 0 atom stereocenters. The highest BCUT2D eigenvalue weighted by Gasteiger charge is 2.17. The van der Waals surface area contributed by atoms with Crippen LogP contribution < -0.4 is 5.32 Å². The molecule has 1 aromatic rings. The van der Waals surface area contributed by atoms with Crippen LogP contribution in [0.25, 0.3) is 0 Å². The number of piperidine rings is 1. The Balaban J connectivity index is 1.70. The quantitative estimate of drug-likeness (QED) is 0.829. The van der Waals surface area contributed by atoms with Crippen LogP contribution in [0.1, 0.15) is 25.5 Å². The average Bonchev–Trinajstić information content (AvgIpc) is 2.75. The lowest BCUT2D eigenvalue weighted by atomic mass is 10.0. The van der Waals surface area contributed by atoms with Crippen LogP contribution in [0.4, 0.5) is 0 Å². The molecule has 1 aromatic heterocycles. The van der Waals surface area contributed by atoms with E-state index in [0.717, 1.165) is 19.0 Å². The molecule has 1 N–H and O–H groups in total. The minimum atomic E-state index is 0.743. The Bertz CT molecular complexity index is 326. The number of aromatic nitrogens is 2. The van der Waals surface area contributed by atoms with Crippen molar-refractivity contribution < 1.29 is 0 Å². The van der Waals surface area contributed by atoms with Gasteiger partial charge in [-0.25, -0.2) is 0 Å². The Labute approximate surface area is 104 Å². The van der Waals surface area contributed by atoms with Gasteiger partial charge in [0, 0.05) is 37.9 Å². The van der Waals surface area contributed by atoms with Crippen molar-refractivity contribution in [2.75, 3.05) is 26.2 Å². The normalized spacial score (nSPS) is 18.7. The maximum Gasteiger partial charge on any atom is 0.0492 e. The lowest BCUT2D eigenvalue weighted by Crippen LogP contribution is -2.43. The molecule has 4 nitrogen and oxygen atoms in total. The van der Waals surface area contributed by atoms with E-state index in [1.165, 1.54) is 38.2 Å². The molecule has 0 aromatic carbocycles. The van der Waals surface area contributed by atoms with Crippen molar-refractivity contribution in [1.29, 1.82) is 0 Å². The van der Waals surface area contributed by atoms with Gasteiger partial charge in [0.05, 0.1) is 0 Å². The minimum Gasteiger partial charge on any atom is -0.314 e. The Morgan fingerprint density at radius 1 is 1.41 bits per heavy atom. The molecule has 0 unspecified atom stereocenters. The zero-order valence-electron chi connectivity index (χ0n) is 11.0. The zero-order valence-corrected chi connectivity index (χ0v) is 11.0. The van der Waals surface area contributed by atoms with Crippen LogP contribution >= 0.6 is 0 Å². The molecule has 4 heteroatoms. The van der Waals surface area contributed by atoms with Gasteiger partial charge in [-0.3, -0.25) is 4.68 Å². The van der Waals surface area contributed by atoms with E-state index in [4.69, 9.17) is 0 Å². The lowest BCUT2D eigenvalue weighted by molar-refractivity contribution is 0.200. The molecule has 1 aliphatic rings. The standard InChI is InChI=1S/C13H24N4/c1-3-14-12-5-9-17(10-6-12)11-7-13-4-8-15-16(13)2/h4,8,12,14H,3,5-7,9-11H2,1-2H3. The molecule has 1 aliphatic heterocycles. The highest BCUT2D eigenvalue weighted by atomic mass is 15.3. The van der Waals surface area contributed by atoms with Crippen LogP contribution in [-0.4, -0.2) is 46.9 Å². The zero-order chi connectivity index (χ0) is 12.1. The third kappa shape index (κ3) is 3.54. The Hall–Kier alpha value is -0.870. The summed E-state index contributed by atoms with van der Waals surface area (Å²) < 4.78 is 1.98. The maximum absolute atomic E-state index is 4.20. The Morgan fingerprint density at radius 2 is 2.18 bits per heavy atom. The third-order valence-electron chi connectivity index (χ3n) is 3.69. The fourth-order valence-corrected chi connectivity index (χ4v) is 2.57. The van der Waals surface area contributed by atoms with Crippen molar-refractivity contribution in [3.05, 3.63) is 18.0 Å². The van der Waals surface area contributed by atoms with Gasteiger partial charge >= 0.3 is 0 Å². The van der Waals surface area contributed by atoms with Crippen LogP contribution in [0.2, 0.25) is 0 Å². The minimum absolute atomic E-state index is 0.743. The molecule has 1 saturated heterocycles. The largest absolute Gasteiger partial charge is 0.314 e. The topological polar surface area (TPSA) is 33.1 Å². The first kappa shape index (κ1) is 12.6. The van der Waals surface area contributed by atoms with Gasteiger partial charge < -0.3 is 10.2 Å². The number of likely N-dealkylation sites (tertiary alicyclic amines) is 1. The van der Waals surface area contributed by atoms with Gasteiger partial charge in [-0.2, -0.15) is 5.10 Å². The summed E-state index contributed by atoms with van der Waals surface area (Å²) in [4.78, 5) is 2.57. The van der Waals surface area contributed by atoms with E-state index in [9.17, 15) is 0 Å². The summed E-state index contributed by atoms with van der Waals surface area (Å²) in [5.41, 5.74) is 1.33. The van der Waals surface area contributed by atoms with E-state index in [2.05, 4.69) is 28.3 Å². The average molecular weight is 236 g/mol. The van der Waals surface area contributed by atoms with Crippen LogP contribution in [0.3, 0.4) is 0 Å². The maximum atomic E-state index is 4.20. The molecule has 17 heavy (non-hydrogen) atoms. The summed E-state index contributed by atoms with van der Waals surface area (Å²) in [5, 5.41) is 7.75. The fourth-order valence-electron chi connectivity index (χ4n) is 2.57. The van der Waals surface area contributed by atoms with Crippen molar-refractivity contribution in [3.63, 3.8) is 0 Å². The first-order valence-corrected chi connectivity index (χ1v) is 6.72. The number of nitrogens with one attached hydrogen (secondary N) is 1. The highest BCUT2D eigenvalue weighted by molar-refractivity contribution is 5.00. The molecule has 1 fully saturated rings. The molecule has 0 spiro atoms. The molecule has 0 bridgehead atoms. The SMILES string of the molecule is CCNC1CCN(CCc2ccnn2C)CC1. The van der Waals surface area contributed by atoms with Gasteiger partial charge in [-0.15, -0.1) is 0 Å². The summed E-state index contributed by atoms with van der Waals surface area (Å²) in [5.74, 6) is 0. The molecular weight excluding hydrogens is 212 g/mol. The third-order valence-corrected chi connectivity index (χ3v) is 3.69. The van der Waals surface area contributed by atoms with E-state index >= 15 is 0 Å². The molecule has 2 heterocycles. The van der Waals surface area contributed by atoms with Crippen molar-refractivity contribution in [3.8, 4) is 0 Å². The van der Waals surface area contributed by atoms with E-state index in [1.807, 2.05) is 17.9 Å². The molecule has 0 radical (unpaired) electrons. The van der Waals surface area contributed by atoms with Gasteiger partial charge in [-0.05, 0) is 38.5 Å². The van der Waals surface area contributed by atoms with Crippen molar-refractivity contribution in [2.24, 2.45) is 7.05 Å². The Morgan fingerprint density at radius 3 is 2.76 bits per heavy atom. The predicted molar refractivity (Wildman–Crippen MR) is 70.1 cm³/mol. The summed E-state index contributed by atoms with van der Waals surface area (Å²) in [6.07, 6.45) is 5.58. The molecule has 96 valence electrons. The van der Waals surface area contributed by atoms with E-state index in [-0.39, 0.29) is 0 Å². The van der Waals surface area contributed by atoms with Crippen LogP contribution in [-0.2, 0) is 13.5 Å². The van der Waals surface area contributed by atoms with E-state index in [0.29, 0.717) is 0 Å². The molecule has 2 rings (SSSR count). The summed E-state index contributed by atoms with van der Waals surface area (Å²) in [6, 6.07) is 2.86. The van der Waals surface area contributed by atoms with Gasteiger partial charge in [-0.1, -0.05) is 6.92 Å². The van der Waals surface area contributed by atoms with Gasteiger partial charge in [0.2, 0.25) is 0 Å². The summed E-state index contributed by atoms with van der Waals surface area (Å²) in [7, 11) is 2.02. The second-order valence-electron chi connectivity index (χ2n) is 4.87. The van der Waals surface area contributed by atoms with Gasteiger partial charge in [0.1, 0.15) is 0 Å². The number of nitrogens with zero attached hydrogens (tertiary/aromatic N) is 3. The number of hydrogen-bond donors (Lipinski definition) is 1. The van der Waals surface area contributed by atoms with Crippen LogP contribution in [0, 0.1) is 0 Å². The molecule has 0 amide bonds. The summed E-state index contributed by atoms with van der Waals surface area (Å²) in [6.45, 7) is 6.91. The second-order valence-corrected chi connectivity index (χ2v) is 4.87. The predicted octanol–water partition coefficient (Wildman–Crippen LogP) is 1.04. The first-order chi connectivity index (χ1) is 8.29.